The van der Waals surface area contributed by atoms with Gasteiger partial charge in [0.05, 0.1) is 23.8 Å². The lowest BCUT2D eigenvalue weighted by Crippen LogP contribution is -2.61. The molecule has 0 unspecified atom stereocenters. The molecule has 232 valence electrons. The first-order chi connectivity index (χ1) is 20.8. The number of rotatable bonds is 6. The van der Waals surface area contributed by atoms with Crippen LogP contribution in [0.5, 0.6) is 0 Å². The highest BCUT2D eigenvalue weighted by Gasteiger charge is 2.44. The molecule has 7 nitrogen and oxygen atoms in total. The van der Waals surface area contributed by atoms with Gasteiger partial charge in [-0.05, 0) is 68.5 Å². The molecule has 2 heterocycles. The van der Waals surface area contributed by atoms with Gasteiger partial charge in [0.2, 0.25) is 11.8 Å². The number of aryl methyl sites for hydroxylation is 1. The fraction of sp³-hybridized carbons (Fsp3) is 0.382. The third kappa shape index (κ3) is 7.06. The maximum Gasteiger partial charge on any atom is 0.416 e. The molecule has 3 amide bonds. The first-order valence-electron chi connectivity index (χ1n) is 14.7. The molecule has 0 spiro atoms. The molecule has 0 N–H and O–H groups in total. The Morgan fingerprint density at radius 3 is 2.30 bits per heavy atom. The highest BCUT2D eigenvalue weighted by Crippen LogP contribution is 2.35. The van der Waals surface area contributed by atoms with Crippen molar-refractivity contribution in [3.8, 4) is 0 Å². The number of ether oxygens (including phenoxy) is 1. The first-order valence-corrected chi connectivity index (χ1v) is 14.7. The van der Waals surface area contributed by atoms with Gasteiger partial charge in [0.15, 0.2) is 0 Å². The summed E-state index contributed by atoms with van der Waals surface area (Å²) in [5, 5.41) is 0. The van der Waals surface area contributed by atoms with Crippen LogP contribution in [0.3, 0.4) is 0 Å². The second-order valence-electron chi connectivity index (χ2n) is 12.3. The van der Waals surface area contributed by atoms with Gasteiger partial charge in [-0.3, -0.25) is 14.5 Å². The molecule has 0 bridgehead atoms. The van der Waals surface area contributed by atoms with E-state index in [4.69, 9.17) is 4.74 Å². The maximum atomic E-state index is 14.1. The van der Waals surface area contributed by atoms with E-state index in [1.807, 2.05) is 42.5 Å². The lowest BCUT2D eigenvalue weighted by molar-refractivity contribution is -0.150. The summed E-state index contributed by atoms with van der Waals surface area (Å²) < 4.78 is 45.9. The van der Waals surface area contributed by atoms with Gasteiger partial charge in [0, 0.05) is 19.5 Å². The zero-order valence-corrected chi connectivity index (χ0v) is 25.0. The van der Waals surface area contributed by atoms with Crippen LogP contribution in [-0.4, -0.2) is 58.5 Å². The molecular formula is C34H36F3N3O4. The van der Waals surface area contributed by atoms with Crippen molar-refractivity contribution < 1.29 is 32.3 Å². The number of para-hydroxylation sites is 1. The molecule has 2 aliphatic rings. The molecule has 0 saturated carbocycles. The minimum Gasteiger partial charge on any atom is -0.443 e. The molecule has 2 aliphatic heterocycles. The summed E-state index contributed by atoms with van der Waals surface area (Å²) >= 11 is 0. The van der Waals surface area contributed by atoms with Gasteiger partial charge >= 0.3 is 12.3 Å². The van der Waals surface area contributed by atoms with E-state index in [1.54, 1.807) is 43.9 Å². The van der Waals surface area contributed by atoms with E-state index >= 15 is 0 Å². The summed E-state index contributed by atoms with van der Waals surface area (Å²) in [6, 6.07) is 20.6. The average molecular weight is 608 g/mol. The van der Waals surface area contributed by atoms with E-state index < -0.39 is 35.5 Å². The predicted molar refractivity (Wildman–Crippen MR) is 160 cm³/mol. The molecule has 3 aromatic carbocycles. The molecule has 1 saturated heterocycles. The Labute approximate surface area is 255 Å². The molecule has 5 rings (SSSR count). The second kappa shape index (κ2) is 12.3. The van der Waals surface area contributed by atoms with Gasteiger partial charge in [0.1, 0.15) is 11.6 Å². The quantitative estimate of drug-likeness (QED) is 0.333. The van der Waals surface area contributed by atoms with E-state index in [2.05, 4.69) is 0 Å². The summed E-state index contributed by atoms with van der Waals surface area (Å²) in [5.41, 5.74) is 1.27. The smallest absolute Gasteiger partial charge is 0.416 e. The number of halogens is 3. The largest absolute Gasteiger partial charge is 0.443 e. The Morgan fingerprint density at radius 1 is 0.909 bits per heavy atom. The topological polar surface area (TPSA) is 70.2 Å². The molecular weight excluding hydrogens is 571 g/mol. The fourth-order valence-electron chi connectivity index (χ4n) is 5.86. The van der Waals surface area contributed by atoms with E-state index in [1.165, 1.54) is 15.9 Å². The minimum atomic E-state index is -4.50. The molecule has 0 aromatic heterocycles. The van der Waals surface area contributed by atoms with Gasteiger partial charge in [-0.25, -0.2) is 4.79 Å². The monoisotopic (exact) mass is 607 g/mol. The SMILES string of the molecule is CC(C)(C)OC(=O)N1c2ccccc2C[C@@H]1C(=O)N1CC(=O)N(Cc2cccc(C(F)(F)F)c2)[C@@H](CCc2ccccc2)C1. The van der Waals surface area contributed by atoms with Gasteiger partial charge in [-0.2, -0.15) is 13.2 Å². The van der Waals surface area contributed by atoms with Crippen molar-refractivity contribution in [3.05, 3.63) is 101 Å². The Morgan fingerprint density at radius 2 is 1.59 bits per heavy atom. The van der Waals surface area contributed by atoms with Crippen LogP contribution in [0, 0.1) is 0 Å². The van der Waals surface area contributed by atoms with Crippen molar-refractivity contribution in [2.24, 2.45) is 0 Å². The third-order valence-corrected chi connectivity index (χ3v) is 7.90. The van der Waals surface area contributed by atoms with Crippen LogP contribution in [0.15, 0.2) is 78.9 Å². The number of alkyl halides is 3. The minimum absolute atomic E-state index is 0.0108. The molecule has 10 heteroatoms. The number of hydrogen-bond donors (Lipinski definition) is 0. The van der Waals surface area contributed by atoms with Crippen LogP contribution in [0.4, 0.5) is 23.7 Å². The summed E-state index contributed by atoms with van der Waals surface area (Å²) in [7, 11) is 0. The summed E-state index contributed by atoms with van der Waals surface area (Å²) in [6.45, 7) is 5.19. The van der Waals surface area contributed by atoms with Gasteiger partial charge in [-0.15, -0.1) is 0 Å². The van der Waals surface area contributed by atoms with Crippen LogP contribution in [0.1, 0.15) is 49.4 Å². The number of carbonyl (C=O) groups excluding carboxylic acids is 3. The number of nitrogens with zero attached hydrogens (tertiary/aromatic N) is 3. The highest BCUT2D eigenvalue weighted by molar-refractivity contribution is 6.01. The summed E-state index contributed by atoms with van der Waals surface area (Å²) in [5.74, 6) is -0.733. The fourth-order valence-corrected chi connectivity index (χ4v) is 5.86. The van der Waals surface area contributed by atoms with Crippen molar-refractivity contribution in [1.29, 1.82) is 0 Å². The number of hydrogen-bond acceptors (Lipinski definition) is 4. The van der Waals surface area contributed by atoms with Gasteiger partial charge < -0.3 is 14.5 Å². The van der Waals surface area contributed by atoms with E-state index in [0.29, 0.717) is 24.1 Å². The molecule has 1 fully saturated rings. The van der Waals surface area contributed by atoms with Crippen LogP contribution < -0.4 is 4.90 Å². The third-order valence-electron chi connectivity index (χ3n) is 7.90. The normalized spacial score (nSPS) is 18.8. The number of anilines is 1. The van der Waals surface area contributed by atoms with E-state index in [0.717, 1.165) is 23.3 Å². The van der Waals surface area contributed by atoms with Crippen LogP contribution >= 0.6 is 0 Å². The molecule has 2 atom stereocenters. The number of fused-ring (bicyclic) bond motifs is 1. The Balaban J connectivity index is 1.40. The van der Waals surface area contributed by atoms with Crippen molar-refractivity contribution in [2.75, 3.05) is 18.0 Å². The Kier molecular flexibility index (Phi) is 8.72. The lowest BCUT2D eigenvalue weighted by atomic mass is 9.99. The van der Waals surface area contributed by atoms with Crippen molar-refractivity contribution in [2.45, 2.75) is 70.4 Å². The van der Waals surface area contributed by atoms with Crippen molar-refractivity contribution >= 4 is 23.6 Å². The lowest BCUT2D eigenvalue weighted by Gasteiger charge is -2.42. The Bertz CT molecular complexity index is 1520. The molecule has 0 radical (unpaired) electrons. The van der Waals surface area contributed by atoms with E-state index in [-0.39, 0.29) is 37.9 Å². The molecule has 0 aliphatic carbocycles. The number of piperazine rings is 1. The molecule has 3 aromatic rings. The standard InChI is InChI=1S/C34H36F3N3O4/c1-33(2,3)44-32(43)40-28-15-8-7-13-25(28)19-29(40)31(42)38-21-27(17-16-23-10-5-4-6-11-23)39(30(41)22-38)20-24-12-9-14-26(18-24)34(35,36)37/h4-15,18,27,29H,16-17,19-22H2,1-3H3/t27-,29+/m0/s1. The van der Waals surface area contributed by atoms with Gasteiger partial charge in [-0.1, -0.05) is 60.7 Å². The zero-order valence-electron chi connectivity index (χ0n) is 25.0. The molecule has 44 heavy (non-hydrogen) atoms. The summed E-state index contributed by atoms with van der Waals surface area (Å²) in [4.78, 5) is 45.6. The van der Waals surface area contributed by atoms with Crippen molar-refractivity contribution in [1.82, 2.24) is 9.80 Å². The number of amides is 3. The summed E-state index contributed by atoms with van der Waals surface area (Å²) in [6.07, 6.45) is -3.76. The first kappa shape index (κ1) is 31.1. The predicted octanol–water partition coefficient (Wildman–Crippen LogP) is 6.24. The number of carbonyl (C=O) groups is 3. The Hall–Kier alpha value is -4.34. The maximum absolute atomic E-state index is 14.1. The zero-order chi connectivity index (χ0) is 31.6. The van der Waals surface area contributed by atoms with E-state index in [9.17, 15) is 27.6 Å². The number of benzene rings is 3. The average Bonchev–Trinajstić information content (AvgIpc) is 3.36. The van der Waals surface area contributed by atoms with Crippen LogP contribution in [0.2, 0.25) is 0 Å². The van der Waals surface area contributed by atoms with Gasteiger partial charge in [0.25, 0.3) is 0 Å². The highest BCUT2D eigenvalue weighted by atomic mass is 19.4. The van der Waals surface area contributed by atoms with Crippen molar-refractivity contribution in [3.63, 3.8) is 0 Å². The van der Waals surface area contributed by atoms with Crippen LogP contribution in [-0.2, 0) is 39.9 Å². The van der Waals surface area contributed by atoms with Crippen LogP contribution in [0.25, 0.3) is 0 Å². The second-order valence-corrected chi connectivity index (χ2v) is 12.3.